The minimum atomic E-state index is 0.0940. The molecule has 0 fully saturated rings. The van der Waals surface area contributed by atoms with E-state index >= 15 is 0 Å². The van der Waals surface area contributed by atoms with E-state index in [-0.39, 0.29) is 5.84 Å². The highest BCUT2D eigenvalue weighted by molar-refractivity contribution is 6.33. The van der Waals surface area contributed by atoms with Crippen LogP contribution in [-0.4, -0.2) is 11.0 Å². The summed E-state index contributed by atoms with van der Waals surface area (Å²) in [6, 6.07) is 15.0. The Balaban J connectivity index is 2.19. The van der Waals surface area contributed by atoms with Gasteiger partial charge in [0.1, 0.15) is 0 Å². The number of nitrogens with one attached hydrogen (secondary N) is 1. The highest BCUT2D eigenvalue weighted by Gasteiger charge is 2.06. The maximum absolute atomic E-state index is 8.76. The van der Waals surface area contributed by atoms with Gasteiger partial charge in [0.25, 0.3) is 0 Å². The van der Waals surface area contributed by atoms with Crippen LogP contribution >= 0.6 is 11.6 Å². The van der Waals surface area contributed by atoms with E-state index in [4.69, 9.17) is 22.5 Å². The molecular formula is C14H14ClN3O. The van der Waals surface area contributed by atoms with Crippen molar-refractivity contribution in [2.75, 3.05) is 5.32 Å². The lowest BCUT2D eigenvalue weighted by atomic mass is 10.1. The number of benzene rings is 2. The molecular weight excluding hydrogens is 262 g/mol. The van der Waals surface area contributed by atoms with Gasteiger partial charge < -0.3 is 16.3 Å². The summed E-state index contributed by atoms with van der Waals surface area (Å²) in [7, 11) is 0. The van der Waals surface area contributed by atoms with E-state index in [1.54, 1.807) is 6.07 Å². The molecule has 0 aliphatic carbocycles. The monoisotopic (exact) mass is 275 g/mol. The van der Waals surface area contributed by atoms with Crippen LogP contribution in [0.5, 0.6) is 0 Å². The first-order chi connectivity index (χ1) is 9.22. The summed E-state index contributed by atoms with van der Waals surface area (Å²) in [6.45, 7) is 0.538. The van der Waals surface area contributed by atoms with Crippen LogP contribution in [0.15, 0.2) is 53.7 Å². The number of hydrogen-bond acceptors (Lipinski definition) is 3. The zero-order chi connectivity index (χ0) is 13.7. The standard InChI is InChI=1S/C14H14ClN3O/c15-12-7-3-4-8-13(12)17-9-10-5-1-2-6-11(10)14(16)18-19/h1-8,17,19H,9H2,(H2,16,18). The quantitative estimate of drug-likeness (QED) is 0.348. The van der Waals surface area contributed by atoms with E-state index in [0.29, 0.717) is 17.1 Å². The van der Waals surface area contributed by atoms with Crippen LogP contribution in [0, 0.1) is 0 Å². The molecule has 4 nitrogen and oxygen atoms in total. The van der Waals surface area contributed by atoms with Gasteiger partial charge in [-0.15, -0.1) is 0 Å². The summed E-state index contributed by atoms with van der Waals surface area (Å²) in [5.74, 6) is 0.0940. The van der Waals surface area contributed by atoms with E-state index in [1.165, 1.54) is 0 Å². The second-order valence-corrected chi connectivity index (χ2v) is 4.38. The number of halogens is 1. The molecule has 5 heteroatoms. The third-order valence-electron chi connectivity index (χ3n) is 2.74. The molecule has 0 saturated carbocycles. The molecule has 0 bridgehead atoms. The Morgan fingerprint density at radius 3 is 2.58 bits per heavy atom. The van der Waals surface area contributed by atoms with Gasteiger partial charge in [-0.1, -0.05) is 53.2 Å². The zero-order valence-corrected chi connectivity index (χ0v) is 10.9. The topological polar surface area (TPSA) is 70.6 Å². The minimum Gasteiger partial charge on any atom is -0.409 e. The van der Waals surface area contributed by atoms with Gasteiger partial charge in [-0.2, -0.15) is 0 Å². The van der Waals surface area contributed by atoms with Crippen molar-refractivity contribution in [1.82, 2.24) is 0 Å². The summed E-state index contributed by atoms with van der Waals surface area (Å²) in [5.41, 5.74) is 8.11. The Morgan fingerprint density at radius 2 is 1.84 bits per heavy atom. The van der Waals surface area contributed by atoms with Gasteiger partial charge in [-0.25, -0.2) is 0 Å². The number of rotatable bonds is 4. The molecule has 4 N–H and O–H groups in total. The molecule has 0 aromatic heterocycles. The van der Waals surface area contributed by atoms with Crippen LogP contribution in [-0.2, 0) is 6.54 Å². The summed E-state index contributed by atoms with van der Waals surface area (Å²) in [6.07, 6.45) is 0. The number of para-hydroxylation sites is 1. The zero-order valence-electron chi connectivity index (χ0n) is 10.2. The average Bonchev–Trinajstić information content (AvgIpc) is 2.46. The second-order valence-electron chi connectivity index (χ2n) is 3.98. The third kappa shape index (κ3) is 3.17. The largest absolute Gasteiger partial charge is 0.409 e. The van der Waals surface area contributed by atoms with Crippen LogP contribution in [0.25, 0.3) is 0 Å². The highest BCUT2D eigenvalue weighted by Crippen LogP contribution is 2.21. The fraction of sp³-hybridized carbons (Fsp3) is 0.0714. The van der Waals surface area contributed by atoms with Crippen LogP contribution in [0.1, 0.15) is 11.1 Å². The fourth-order valence-corrected chi connectivity index (χ4v) is 1.98. The maximum atomic E-state index is 8.76. The van der Waals surface area contributed by atoms with Gasteiger partial charge in [0.15, 0.2) is 5.84 Å². The number of hydrogen-bond donors (Lipinski definition) is 3. The first-order valence-electron chi connectivity index (χ1n) is 5.76. The minimum absolute atomic E-state index is 0.0940. The Kier molecular flexibility index (Phi) is 4.26. The van der Waals surface area contributed by atoms with E-state index < -0.39 is 0 Å². The van der Waals surface area contributed by atoms with Crippen molar-refractivity contribution in [1.29, 1.82) is 0 Å². The number of nitrogens with zero attached hydrogens (tertiary/aromatic N) is 1. The lowest BCUT2D eigenvalue weighted by Gasteiger charge is -2.11. The van der Waals surface area contributed by atoms with E-state index in [2.05, 4.69) is 10.5 Å². The van der Waals surface area contributed by atoms with Gasteiger partial charge in [-0.3, -0.25) is 0 Å². The molecule has 0 atom stereocenters. The molecule has 0 aliphatic rings. The normalized spacial score (nSPS) is 11.3. The van der Waals surface area contributed by atoms with Gasteiger partial charge in [0.2, 0.25) is 0 Å². The summed E-state index contributed by atoms with van der Waals surface area (Å²) in [4.78, 5) is 0. The van der Waals surface area contributed by atoms with Gasteiger partial charge in [0, 0.05) is 12.1 Å². The van der Waals surface area contributed by atoms with Crippen molar-refractivity contribution in [3.05, 3.63) is 64.7 Å². The third-order valence-corrected chi connectivity index (χ3v) is 3.07. The predicted octanol–water partition coefficient (Wildman–Crippen LogP) is 3.05. The van der Waals surface area contributed by atoms with Crippen molar-refractivity contribution in [2.24, 2.45) is 10.9 Å². The molecule has 19 heavy (non-hydrogen) atoms. The highest BCUT2D eigenvalue weighted by atomic mass is 35.5. The van der Waals surface area contributed by atoms with E-state index in [9.17, 15) is 0 Å². The van der Waals surface area contributed by atoms with Crippen molar-refractivity contribution < 1.29 is 5.21 Å². The predicted molar refractivity (Wildman–Crippen MR) is 77.7 cm³/mol. The SMILES string of the molecule is NC(=NO)c1ccccc1CNc1ccccc1Cl. The number of oxime groups is 1. The molecule has 2 aromatic carbocycles. The van der Waals surface area contributed by atoms with Gasteiger partial charge in [-0.05, 0) is 17.7 Å². The van der Waals surface area contributed by atoms with E-state index in [0.717, 1.165) is 11.3 Å². The molecule has 0 saturated heterocycles. The number of amidine groups is 1. The second kappa shape index (κ2) is 6.11. The van der Waals surface area contributed by atoms with Crippen molar-refractivity contribution in [3.63, 3.8) is 0 Å². The van der Waals surface area contributed by atoms with Crippen LogP contribution in [0.4, 0.5) is 5.69 Å². The summed E-state index contributed by atoms with van der Waals surface area (Å²) >= 11 is 6.07. The molecule has 0 spiro atoms. The molecule has 0 heterocycles. The first-order valence-corrected chi connectivity index (χ1v) is 6.14. The first kappa shape index (κ1) is 13.2. The fourth-order valence-electron chi connectivity index (χ4n) is 1.77. The van der Waals surface area contributed by atoms with Gasteiger partial charge >= 0.3 is 0 Å². The Bertz CT molecular complexity index is 599. The van der Waals surface area contributed by atoms with Crippen LogP contribution < -0.4 is 11.1 Å². The molecule has 0 unspecified atom stereocenters. The summed E-state index contributed by atoms with van der Waals surface area (Å²) in [5, 5.41) is 15.7. The van der Waals surface area contributed by atoms with Crippen LogP contribution in [0.2, 0.25) is 5.02 Å². The molecule has 98 valence electrons. The maximum Gasteiger partial charge on any atom is 0.170 e. The molecule has 0 amide bonds. The lowest BCUT2D eigenvalue weighted by molar-refractivity contribution is 0.318. The lowest BCUT2D eigenvalue weighted by Crippen LogP contribution is -2.16. The average molecular weight is 276 g/mol. The van der Waals surface area contributed by atoms with Crippen molar-refractivity contribution in [3.8, 4) is 0 Å². The smallest absolute Gasteiger partial charge is 0.170 e. The summed E-state index contributed by atoms with van der Waals surface area (Å²) < 4.78 is 0. The Morgan fingerprint density at radius 1 is 1.16 bits per heavy atom. The van der Waals surface area contributed by atoms with Crippen molar-refractivity contribution >= 4 is 23.1 Å². The number of nitrogens with two attached hydrogens (primary N) is 1. The van der Waals surface area contributed by atoms with Gasteiger partial charge in [0.05, 0.1) is 10.7 Å². The van der Waals surface area contributed by atoms with Crippen molar-refractivity contribution in [2.45, 2.75) is 6.54 Å². The van der Waals surface area contributed by atoms with Crippen LogP contribution in [0.3, 0.4) is 0 Å². The number of anilines is 1. The van der Waals surface area contributed by atoms with E-state index in [1.807, 2.05) is 42.5 Å². The molecule has 2 aromatic rings. The Labute approximate surface area is 116 Å². The molecule has 0 radical (unpaired) electrons. The molecule has 2 rings (SSSR count). The molecule has 0 aliphatic heterocycles. The Hall–Kier alpha value is -2.20.